The zero-order chi connectivity index (χ0) is 30.2. The van der Waals surface area contributed by atoms with Gasteiger partial charge in [-0.25, -0.2) is 26.9 Å². The lowest BCUT2D eigenvalue weighted by atomic mass is 9.95. The fraction of sp³-hybridized carbons (Fsp3) is 0.552. The zero-order valence-corrected chi connectivity index (χ0v) is 23.8. The van der Waals surface area contributed by atoms with Gasteiger partial charge < -0.3 is 25.4 Å². The van der Waals surface area contributed by atoms with E-state index in [-0.39, 0.29) is 41.0 Å². The number of rotatable bonds is 5. The van der Waals surface area contributed by atoms with Crippen LogP contribution in [0.3, 0.4) is 0 Å². The zero-order valence-electron chi connectivity index (χ0n) is 23.8. The van der Waals surface area contributed by atoms with Crippen LogP contribution in [-0.2, 0) is 0 Å². The molecule has 0 radical (unpaired) electrons. The molecule has 4 atom stereocenters. The molecule has 2 aromatic heterocycles. The minimum atomic E-state index is -3.14. The Bertz CT molecular complexity index is 1610. The number of nitrogens with two attached hydrogens (primary N) is 1. The number of nitrogens with zero attached hydrogens (tertiary/aromatic N) is 5. The van der Waals surface area contributed by atoms with Crippen molar-refractivity contribution in [3.63, 3.8) is 0 Å². The molecule has 3 fully saturated rings. The summed E-state index contributed by atoms with van der Waals surface area (Å²) in [6, 6.07) is 0.623. The van der Waals surface area contributed by atoms with Gasteiger partial charge in [-0.15, -0.1) is 0 Å². The first-order valence-electron chi connectivity index (χ1n) is 14.5. The number of ether oxygens (including phenoxy) is 2. The van der Waals surface area contributed by atoms with Crippen LogP contribution in [-0.4, -0.2) is 83.0 Å². The molecule has 4 aliphatic rings. The number of piperazine rings is 1. The second-order valence-corrected chi connectivity index (χ2v) is 12.0. The van der Waals surface area contributed by atoms with E-state index >= 15 is 4.39 Å². The highest BCUT2D eigenvalue weighted by atomic mass is 19.3. The van der Waals surface area contributed by atoms with Gasteiger partial charge in [-0.3, -0.25) is 4.90 Å². The van der Waals surface area contributed by atoms with Gasteiger partial charge in [0.1, 0.15) is 47.1 Å². The predicted molar refractivity (Wildman–Crippen MR) is 149 cm³/mol. The maximum absolute atomic E-state index is 16.6. The molecule has 3 aromatic rings. The number of nitrogens with one attached hydrogen (secondary N) is 1. The maximum Gasteiger partial charge on any atom is 0.319 e. The summed E-state index contributed by atoms with van der Waals surface area (Å²) in [4.78, 5) is 17.6. The van der Waals surface area contributed by atoms with Gasteiger partial charge in [0.25, 0.3) is 6.43 Å². The van der Waals surface area contributed by atoms with E-state index < -0.39 is 58.4 Å². The topological polar surface area (TPSA) is 102 Å². The summed E-state index contributed by atoms with van der Waals surface area (Å²) >= 11 is 0. The smallest absolute Gasteiger partial charge is 0.319 e. The summed E-state index contributed by atoms with van der Waals surface area (Å²) in [5, 5.41) is 3.51. The lowest BCUT2D eigenvalue weighted by molar-refractivity contribution is 0.107. The SMILES string of the molecule is Cc1c(F)c(N)cc(-c2nc3c4c(nc(OCC56CCCN5C[C@H](F)C6)nc4c2F)N2CCNC[C@H]2[C@H](C)O3)c1C(F)F. The number of hydrogen-bond donors (Lipinski definition) is 2. The van der Waals surface area contributed by atoms with Crippen molar-refractivity contribution in [1.29, 1.82) is 0 Å². The van der Waals surface area contributed by atoms with E-state index in [2.05, 4.69) is 20.2 Å². The molecule has 0 aliphatic carbocycles. The number of benzene rings is 1. The second-order valence-electron chi connectivity index (χ2n) is 12.0. The Balaban J connectivity index is 1.42. The van der Waals surface area contributed by atoms with Crippen LogP contribution in [0, 0.1) is 18.6 Å². The van der Waals surface area contributed by atoms with Crippen molar-refractivity contribution in [2.45, 2.75) is 63.4 Å². The van der Waals surface area contributed by atoms with Gasteiger partial charge in [0.15, 0.2) is 5.82 Å². The van der Waals surface area contributed by atoms with Crippen molar-refractivity contribution in [3.8, 4) is 23.1 Å². The Labute approximate surface area is 244 Å². The second kappa shape index (κ2) is 10.3. The summed E-state index contributed by atoms with van der Waals surface area (Å²) in [5.41, 5.74) is 2.69. The fourth-order valence-corrected chi connectivity index (χ4v) is 7.26. The highest BCUT2D eigenvalue weighted by Crippen LogP contribution is 2.45. The molecule has 7 rings (SSSR count). The van der Waals surface area contributed by atoms with Crippen molar-refractivity contribution < 1.29 is 31.4 Å². The average molecular weight is 606 g/mol. The van der Waals surface area contributed by atoms with Crippen molar-refractivity contribution in [2.75, 3.05) is 50.0 Å². The molecule has 14 heteroatoms. The summed E-state index contributed by atoms with van der Waals surface area (Å²) in [6.07, 6.45) is -2.56. The van der Waals surface area contributed by atoms with E-state index in [0.29, 0.717) is 38.4 Å². The molecule has 0 bridgehead atoms. The van der Waals surface area contributed by atoms with Crippen LogP contribution in [0.4, 0.5) is 33.5 Å². The third-order valence-electron chi connectivity index (χ3n) is 9.39. The Morgan fingerprint density at radius 2 is 2.02 bits per heavy atom. The molecule has 43 heavy (non-hydrogen) atoms. The molecule has 1 unspecified atom stereocenters. The lowest BCUT2D eigenvalue weighted by Crippen LogP contribution is -2.56. The Morgan fingerprint density at radius 3 is 2.81 bits per heavy atom. The van der Waals surface area contributed by atoms with Crippen molar-refractivity contribution in [3.05, 3.63) is 28.8 Å². The van der Waals surface area contributed by atoms with Crippen LogP contribution in [0.25, 0.3) is 22.2 Å². The van der Waals surface area contributed by atoms with Crippen molar-refractivity contribution in [1.82, 2.24) is 25.2 Å². The molecular weight excluding hydrogens is 573 g/mol. The van der Waals surface area contributed by atoms with Crippen LogP contribution in [0.5, 0.6) is 11.9 Å². The number of pyridine rings is 1. The number of halogens is 5. The van der Waals surface area contributed by atoms with Crippen molar-refractivity contribution in [2.24, 2.45) is 0 Å². The van der Waals surface area contributed by atoms with Gasteiger partial charge in [-0.05, 0) is 44.9 Å². The number of alkyl halides is 3. The van der Waals surface area contributed by atoms with Gasteiger partial charge >= 0.3 is 6.01 Å². The van der Waals surface area contributed by atoms with E-state index in [0.717, 1.165) is 32.4 Å². The van der Waals surface area contributed by atoms with Gasteiger partial charge in [0, 0.05) is 43.7 Å². The molecule has 9 nitrogen and oxygen atoms in total. The van der Waals surface area contributed by atoms with Gasteiger partial charge in [-0.2, -0.15) is 9.97 Å². The summed E-state index contributed by atoms with van der Waals surface area (Å²) < 4.78 is 86.5. The third kappa shape index (κ3) is 4.43. The minimum Gasteiger partial charge on any atom is -0.472 e. The number of nitrogen functional groups attached to an aromatic ring is 1. The van der Waals surface area contributed by atoms with E-state index in [4.69, 9.17) is 20.2 Å². The van der Waals surface area contributed by atoms with Crippen LogP contribution in [0.2, 0.25) is 0 Å². The normalized spacial score (nSPS) is 26.9. The monoisotopic (exact) mass is 605 g/mol. The van der Waals surface area contributed by atoms with Crippen LogP contribution >= 0.6 is 0 Å². The Morgan fingerprint density at radius 1 is 1.21 bits per heavy atom. The first-order chi connectivity index (χ1) is 20.6. The average Bonchev–Trinajstić information content (AvgIpc) is 3.47. The number of aromatic nitrogens is 3. The number of hydrogen-bond acceptors (Lipinski definition) is 9. The predicted octanol–water partition coefficient (Wildman–Crippen LogP) is 4.31. The fourth-order valence-electron chi connectivity index (χ4n) is 7.26. The maximum atomic E-state index is 16.6. The Hall–Kier alpha value is -3.52. The summed E-state index contributed by atoms with van der Waals surface area (Å²) in [6.45, 7) is 5.93. The molecule has 3 N–H and O–H groups in total. The quantitative estimate of drug-likeness (QED) is 0.326. The molecule has 0 saturated carbocycles. The van der Waals surface area contributed by atoms with Crippen LogP contribution in [0.15, 0.2) is 6.07 Å². The summed E-state index contributed by atoms with van der Waals surface area (Å²) in [7, 11) is 0. The summed E-state index contributed by atoms with van der Waals surface area (Å²) in [5.74, 6) is -1.71. The van der Waals surface area contributed by atoms with Gasteiger partial charge in [0.2, 0.25) is 5.88 Å². The van der Waals surface area contributed by atoms with Crippen LogP contribution in [0.1, 0.15) is 43.7 Å². The van der Waals surface area contributed by atoms with Gasteiger partial charge in [-0.1, -0.05) is 0 Å². The lowest BCUT2D eigenvalue weighted by Gasteiger charge is -2.38. The largest absolute Gasteiger partial charge is 0.472 e. The highest BCUT2D eigenvalue weighted by molar-refractivity contribution is 5.97. The van der Waals surface area contributed by atoms with Crippen LogP contribution < -0.4 is 25.4 Å². The first kappa shape index (κ1) is 28.3. The third-order valence-corrected chi connectivity index (χ3v) is 9.39. The molecule has 230 valence electrons. The highest BCUT2D eigenvalue weighted by Gasteiger charge is 2.49. The van der Waals surface area contributed by atoms with Crippen molar-refractivity contribution >= 4 is 22.4 Å². The van der Waals surface area contributed by atoms with E-state index in [1.54, 1.807) is 0 Å². The standard InChI is InChI=1S/C29H32F5N7O2/c1-13-19(25(33)34)16(8-17(35)21(13)31)23-22(32)24-20-26(41-7-5-36-10-18(41)14(2)43-27(20)37-23)39-28(38-24)42-12-29-4-3-6-40(29)11-15(30)9-29/h8,14-15,18,25,36H,3-7,9-12,35H2,1-2H3/t14-,15+,18-,29?/m0/s1. The molecular formula is C29H32F5N7O2. The Kier molecular flexibility index (Phi) is 6.76. The molecule has 6 heterocycles. The number of fused-ring (bicyclic) bond motifs is 3. The van der Waals surface area contributed by atoms with Gasteiger partial charge in [0.05, 0.1) is 17.3 Å². The van der Waals surface area contributed by atoms with E-state index in [9.17, 15) is 17.6 Å². The molecule has 4 aliphatic heterocycles. The molecule has 1 aromatic carbocycles. The molecule has 0 amide bonds. The molecule has 0 spiro atoms. The molecule has 3 saturated heterocycles. The van der Waals surface area contributed by atoms with E-state index in [1.807, 2.05) is 11.8 Å². The minimum absolute atomic E-state index is 0.0350. The first-order valence-corrected chi connectivity index (χ1v) is 14.5. The van der Waals surface area contributed by atoms with E-state index in [1.165, 1.54) is 0 Å². The number of anilines is 2.